The highest BCUT2D eigenvalue weighted by molar-refractivity contribution is 7.09. The van der Waals surface area contributed by atoms with E-state index < -0.39 is 0 Å². The number of hydrogen-bond donors (Lipinski definition) is 2. The summed E-state index contributed by atoms with van der Waals surface area (Å²) in [5.74, 6) is 0. The lowest BCUT2D eigenvalue weighted by Crippen LogP contribution is -2.35. The molecular formula is C11H19N3S. The molecule has 2 unspecified atom stereocenters. The Kier molecular flexibility index (Phi) is 3.72. The molecule has 84 valence electrons. The molecule has 1 fully saturated rings. The third-order valence-electron chi connectivity index (χ3n) is 2.84. The van der Waals surface area contributed by atoms with Crippen LogP contribution in [0.2, 0.25) is 0 Å². The summed E-state index contributed by atoms with van der Waals surface area (Å²) in [5, 5.41) is 10.3. The zero-order valence-corrected chi connectivity index (χ0v) is 10.2. The fraction of sp³-hybridized carbons (Fsp3) is 0.727. The van der Waals surface area contributed by atoms with Crippen LogP contribution in [0.15, 0.2) is 5.38 Å². The molecule has 0 aliphatic carbocycles. The van der Waals surface area contributed by atoms with E-state index in [1.165, 1.54) is 24.4 Å². The highest BCUT2D eigenvalue weighted by Gasteiger charge is 2.15. The summed E-state index contributed by atoms with van der Waals surface area (Å²) in [7, 11) is 0. The Morgan fingerprint density at radius 2 is 2.60 bits per heavy atom. The van der Waals surface area contributed by atoms with Crippen molar-refractivity contribution in [2.24, 2.45) is 0 Å². The molecule has 0 saturated carbocycles. The van der Waals surface area contributed by atoms with E-state index in [4.69, 9.17) is 0 Å². The van der Waals surface area contributed by atoms with Crippen molar-refractivity contribution < 1.29 is 0 Å². The molecular weight excluding hydrogens is 206 g/mol. The summed E-state index contributed by atoms with van der Waals surface area (Å²) in [4.78, 5) is 4.49. The van der Waals surface area contributed by atoms with Crippen LogP contribution in [0.25, 0.3) is 0 Å². The van der Waals surface area contributed by atoms with Crippen LogP contribution < -0.4 is 10.6 Å². The second-order valence-corrected chi connectivity index (χ2v) is 5.14. The quantitative estimate of drug-likeness (QED) is 0.821. The molecule has 0 radical (unpaired) electrons. The van der Waals surface area contributed by atoms with Gasteiger partial charge in [0, 0.05) is 23.7 Å². The van der Waals surface area contributed by atoms with Crippen molar-refractivity contribution in [1.82, 2.24) is 15.6 Å². The minimum atomic E-state index is 0.381. The van der Waals surface area contributed by atoms with Gasteiger partial charge in [-0.3, -0.25) is 0 Å². The summed E-state index contributed by atoms with van der Waals surface area (Å²) < 4.78 is 0. The van der Waals surface area contributed by atoms with Gasteiger partial charge < -0.3 is 10.6 Å². The number of rotatable bonds is 4. The fourth-order valence-corrected chi connectivity index (χ4v) is 2.74. The van der Waals surface area contributed by atoms with Crippen LogP contribution >= 0.6 is 11.3 Å². The van der Waals surface area contributed by atoms with Gasteiger partial charge in [0.1, 0.15) is 5.01 Å². The zero-order chi connectivity index (χ0) is 10.7. The predicted molar refractivity (Wildman–Crippen MR) is 64.3 cm³/mol. The third kappa shape index (κ3) is 3.00. The van der Waals surface area contributed by atoms with Crippen molar-refractivity contribution in [2.45, 2.75) is 38.8 Å². The topological polar surface area (TPSA) is 37.0 Å². The van der Waals surface area contributed by atoms with Crippen LogP contribution in [0.1, 0.15) is 36.5 Å². The molecule has 0 aromatic carbocycles. The van der Waals surface area contributed by atoms with Crippen molar-refractivity contribution in [3.05, 3.63) is 16.1 Å². The highest BCUT2D eigenvalue weighted by Crippen LogP contribution is 2.17. The van der Waals surface area contributed by atoms with E-state index >= 15 is 0 Å². The molecule has 1 aliphatic heterocycles. The van der Waals surface area contributed by atoms with E-state index in [2.05, 4.69) is 27.9 Å². The minimum Gasteiger partial charge on any atom is -0.313 e. The Morgan fingerprint density at radius 3 is 3.20 bits per heavy atom. The molecule has 1 aromatic rings. The molecule has 3 nitrogen and oxygen atoms in total. The SMILES string of the molecule is Cc1csc(C(C)NCC2CCCN2)n1. The van der Waals surface area contributed by atoms with Crippen LogP contribution in [-0.4, -0.2) is 24.1 Å². The number of nitrogens with zero attached hydrogens (tertiary/aromatic N) is 1. The molecule has 1 aliphatic rings. The molecule has 0 amide bonds. The summed E-state index contributed by atoms with van der Waals surface area (Å²) in [6.45, 7) is 6.47. The lowest BCUT2D eigenvalue weighted by molar-refractivity contribution is 0.488. The first kappa shape index (κ1) is 11.0. The first-order chi connectivity index (χ1) is 7.25. The van der Waals surface area contributed by atoms with Crippen LogP contribution in [-0.2, 0) is 0 Å². The van der Waals surface area contributed by atoms with Crippen LogP contribution in [0.5, 0.6) is 0 Å². The molecule has 1 saturated heterocycles. The van der Waals surface area contributed by atoms with Gasteiger partial charge in [-0.25, -0.2) is 4.98 Å². The van der Waals surface area contributed by atoms with E-state index in [-0.39, 0.29) is 0 Å². The fourth-order valence-electron chi connectivity index (χ4n) is 1.91. The molecule has 15 heavy (non-hydrogen) atoms. The van der Waals surface area contributed by atoms with Crippen molar-refractivity contribution in [2.75, 3.05) is 13.1 Å². The summed E-state index contributed by atoms with van der Waals surface area (Å²) in [6, 6.07) is 1.04. The number of aromatic nitrogens is 1. The predicted octanol–water partition coefficient (Wildman–Crippen LogP) is 1.85. The van der Waals surface area contributed by atoms with Gasteiger partial charge in [0.2, 0.25) is 0 Å². The first-order valence-corrected chi connectivity index (χ1v) is 6.52. The van der Waals surface area contributed by atoms with Gasteiger partial charge in [-0.15, -0.1) is 11.3 Å². The van der Waals surface area contributed by atoms with Crippen molar-refractivity contribution in [3.63, 3.8) is 0 Å². The summed E-state index contributed by atoms with van der Waals surface area (Å²) in [5.41, 5.74) is 1.13. The summed E-state index contributed by atoms with van der Waals surface area (Å²) in [6.07, 6.45) is 2.62. The molecule has 2 rings (SSSR count). The molecule has 0 bridgehead atoms. The molecule has 0 spiro atoms. The van der Waals surface area contributed by atoms with Crippen molar-refractivity contribution in [1.29, 1.82) is 0 Å². The average Bonchev–Trinajstić information content (AvgIpc) is 2.84. The van der Waals surface area contributed by atoms with Gasteiger partial charge in [0.15, 0.2) is 0 Å². The first-order valence-electron chi connectivity index (χ1n) is 5.64. The maximum Gasteiger partial charge on any atom is 0.110 e. The summed E-state index contributed by atoms with van der Waals surface area (Å²) >= 11 is 1.75. The van der Waals surface area contributed by atoms with Gasteiger partial charge in [0.25, 0.3) is 0 Å². The Bertz CT molecular complexity index is 305. The number of aryl methyl sites for hydroxylation is 1. The van der Waals surface area contributed by atoms with Crippen LogP contribution in [0.3, 0.4) is 0 Å². The lowest BCUT2D eigenvalue weighted by atomic mass is 10.2. The van der Waals surface area contributed by atoms with E-state index in [9.17, 15) is 0 Å². The molecule has 2 heterocycles. The smallest absolute Gasteiger partial charge is 0.110 e. The van der Waals surface area contributed by atoms with Gasteiger partial charge in [-0.05, 0) is 33.2 Å². The minimum absolute atomic E-state index is 0.381. The maximum absolute atomic E-state index is 4.49. The van der Waals surface area contributed by atoms with Crippen LogP contribution in [0.4, 0.5) is 0 Å². The molecule has 1 aromatic heterocycles. The zero-order valence-electron chi connectivity index (χ0n) is 9.42. The Hall–Kier alpha value is -0.450. The van der Waals surface area contributed by atoms with E-state index in [0.29, 0.717) is 12.1 Å². The van der Waals surface area contributed by atoms with Gasteiger partial charge in [-0.1, -0.05) is 0 Å². The number of hydrogen-bond acceptors (Lipinski definition) is 4. The number of thiazole rings is 1. The molecule has 4 heteroatoms. The van der Waals surface area contributed by atoms with Crippen molar-refractivity contribution >= 4 is 11.3 Å². The number of nitrogens with one attached hydrogen (secondary N) is 2. The third-order valence-corrected chi connectivity index (χ3v) is 3.99. The second kappa shape index (κ2) is 5.05. The van der Waals surface area contributed by atoms with E-state index in [1.807, 2.05) is 6.92 Å². The van der Waals surface area contributed by atoms with Gasteiger partial charge in [0.05, 0.1) is 6.04 Å². The Morgan fingerprint density at radius 1 is 1.73 bits per heavy atom. The normalized spacial score (nSPS) is 23.2. The lowest BCUT2D eigenvalue weighted by Gasteiger charge is -2.15. The Labute approximate surface area is 95.3 Å². The average molecular weight is 225 g/mol. The maximum atomic E-state index is 4.49. The molecule has 2 atom stereocenters. The monoisotopic (exact) mass is 225 g/mol. The van der Waals surface area contributed by atoms with Crippen molar-refractivity contribution in [3.8, 4) is 0 Å². The Balaban J connectivity index is 1.79. The standard InChI is InChI=1S/C11H19N3S/c1-8-7-15-11(14-8)9(2)13-6-10-4-3-5-12-10/h7,9-10,12-13H,3-6H2,1-2H3. The molecule has 2 N–H and O–H groups in total. The van der Waals surface area contributed by atoms with Crippen LogP contribution in [0, 0.1) is 6.92 Å². The van der Waals surface area contributed by atoms with Gasteiger partial charge >= 0.3 is 0 Å². The highest BCUT2D eigenvalue weighted by atomic mass is 32.1. The van der Waals surface area contributed by atoms with Gasteiger partial charge in [-0.2, -0.15) is 0 Å². The largest absolute Gasteiger partial charge is 0.313 e. The van der Waals surface area contributed by atoms with E-state index in [0.717, 1.165) is 12.2 Å². The second-order valence-electron chi connectivity index (χ2n) is 4.25. The van der Waals surface area contributed by atoms with E-state index in [1.54, 1.807) is 11.3 Å².